The van der Waals surface area contributed by atoms with Gasteiger partial charge >= 0.3 is 11.7 Å². The van der Waals surface area contributed by atoms with Gasteiger partial charge in [-0.15, -0.1) is 0 Å². The normalized spacial score (nSPS) is 10.5. The van der Waals surface area contributed by atoms with Crippen LogP contribution in [0.3, 0.4) is 0 Å². The average molecular weight is 302 g/mol. The van der Waals surface area contributed by atoms with E-state index in [0.717, 1.165) is 0 Å². The van der Waals surface area contributed by atoms with Gasteiger partial charge in [-0.05, 0) is 27.7 Å². The van der Waals surface area contributed by atoms with Gasteiger partial charge in [0.15, 0.2) is 0 Å². The van der Waals surface area contributed by atoms with Gasteiger partial charge < -0.3 is 10.1 Å². The van der Waals surface area contributed by atoms with E-state index in [1.165, 1.54) is 0 Å². The molecule has 0 bridgehead atoms. The molecule has 1 N–H and O–H groups in total. The summed E-state index contributed by atoms with van der Waals surface area (Å²) >= 11 is 5.82. The Labute approximate surface area is 121 Å². The molecule has 8 heteroatoms. The molecule has 20 heavy (non-hydrogen) atoms. The molecule has 0 unspecified atom stereocenters. The van der Waals surface area contributed by atoms with Gasteiger partial charge in [-0.3, -0.25) is 10.1 Å². The molecule has 0 spiro atoms. The number of carbonyl (C=O) groups is 1. The number of pyridine rings is 1. The number of anilines is 1. The van der Waals surface area contributed by atoms with Crippen LogP contribution in [-0.4, -0.2) is 28.5 Å². The van der Waals surface area contributed by atoms with Crippen molar-refractivity contribution < 1.29 is 14.5 Å². The number of nitrogens with one attached hydrogen (secondary N) is 1. The standard InChI is InChI=1S/C12H16ClN3O4/c1-5-20-12(17)8-7(4)15-11(13)10(16(18)19)9(8)14-6(2)3/h6H,5H2,1-4H3,(H,14,15). The minimum absolute atomic E-state index is 0.0386. The van der Waals surface area contributed by atoms with Crippen molar-refractivity contribution in [3.05, 3.63) is 26.5 Å². The molecule has 0 radical (unpaired) electrons. The van der Waals surface area contributed by atoms with Crippen molar-refractivity contribution in [3.8, 4) is 0 Å². The van der Waals surface area contributed by atoms with Crippen LogP contribution in [0.5, 0.6) is 0 Å². The molecule has 0 saturated carbocycles. The molecular weight excluding hydrogens is 286 g/mol. The van der Waals surface area contributed by atoms with Gasteiger partial charge in [0.1, 0.15) is 11.3 Å². The number of nitro groups is 1. The maximum atomic E-state index is 12.0. The quantitative estimate of drug-likeness (QED) is 0.389. The van der Waals surface area contributed by atoms with Crippen molar-refractivity contribution in [3.63, 3.8) is 0 Å². The van der Waals surface area contributed by atoms with Crippen LogP contribution in [-0.2, 0) is 4.74 Å². The highest BCUT2D eigenvalue weighted by Crippen LogP contribution is 2.36. The predicted octanol–water partition coefficient (Wildman–Crippen LogP) is 2.95. The van der Waals surface area contributed by atoms with Gasteiger partial charge in [0.2, 0.25) is 5.15 Å². The topological polar surface area (TPSA) is 94.4 Å². The second-order valence-corrected chi connectivity index (χ2v) is 4.72. The van der Waals surface area contributed by atoms with Gasteiger partial charge in [-0.2, -0.15) is 0 Å². The first kappa shape index (κ1) is 16.2. The smallest absolute Gasteiger partial charge is 0.342 e. The van der Waals surface area contributed by atoms with Crippen molar-refractivity contribution in [2.45, 2.75) is 33.7 Å². The van der Waals surface area contributed by atoms with Crippen molar-refractivity contribution in [2.75, 3.05) is 11.9 Å². The Hall–Kier alpha value is -1.89. The van der Waals surface area contributed by atoms with Crippen molar-refractivity contribution in [1.82, 2.24) is 4.98 Å². The maximum absolute atomic E-state index is 12.0. The molecule has 0 aliphatic carbocycles. The van der Waals surface area contributed by atoms with Crippen molar-refractivity contribution in [1.29, 1.82) is 0 Å². The lowest BCUT2D eigenvalue weighted by molar-refractivity contribution is -0.384. The third-order valence-corrected chi connectivity index (χ3v) is 2.67. The van der Waals surface area contributed by atoms with E-state index >= 15 is 0 Å². The molecule has 0 aliphatic rings. The molecule has 0 fully saturated rings. The molecule has 0 atom stereocenters. The minimum Gasteiger partial charge on any atom is -0.462 e. The highest BCUT2D eigenvalue weighted by atomic mass is 35.5. The summed E-state index contributed by atoms with van der Waals surface area (Å²) in [6.45, 7) is 6.95. The largest absolute Gasteiger partial charge is 0.462 e. The predicted molar refractivity (Wildman–Crippen MR) is 75.4 cm³/mol. The molecule has 110 valence electrons. The van der Waals surface area contributed by atoms with Gasteiger partial charge in [0.25, 0.3) is 0 Å². The Balaban J connectivity index is 3.58. The lowest BCUT2D eigenvalue weighted by Crippen LogP contribution is -2.18. The zero-order valence-corrected chi connectivity index (χ0v) is 12.4. The van der Waals surface area contributed by atoms with E-state index in [0.29, 0.717) is 0 Å². The van der Waals surface area contributed by atoms with Gasteiger partial charge in [-0.25, -0.2) is 9.78 Å². The minimum atomic E-state index is -0.666. The molecule has 0 amide bonds. The summed E-state index contributed by atoms with van der Waals surface area (Å²) < 4.78 is 4.92. The Bertz CT molecular complexity index is 546. The number of aryl methyl sites for hydroxylation is 1. The first-order valence-corrected chi connectivity index (χ1v) is 6.45. The molecule has 1 heterocycles. The summed E-state index contributed by atoms with van der Waals surface area (Å²) in [6, 6.07) is -0.125. The third-order valence-electron chi connectivity index (χ3n) is 2.41. The van der Waals surface area contributed by atoms with E-state index in [1.807, 2.05) is 0 Å². The number of hydrogen-bond acceptors (Lipinski definition) is 6. The van der Waals surface area contributed by atoms with E-state index in [9.17, 15) is 14.9 Å². The number of rotatable bonds is 5. The fourth-order valence-electron chi connectivity index (χ4n) is 1.71. The fourth-order valence-corrected chi connectivity index (χ4v) is 2.00. The zero-order valence-electron chi connectivity index (χ0n) is 11.7. The summed E-state index contributed by atoms with van der Waals surface area (Å²) in [5.74, 6) is -0.666. The summed E-state index contributed by atoms with van der Waals surface area (Å²) in [7, 11) is 0. The first-order valence-electron chi connectivity index (χ1n) is 6.07. The van der Waals surface area contributed by atoms with Crippen LogP contribution in [0, 0.1) is 17.0 Å². The highest BCUT2D eigenvalue weighted by Gasteiger charge is 2.30. The van der Waals surface area contributed by atoms with E-state index < -0.39 is 16.6 Å². The van der Waals surface area contributed by atoms with Gasteiger partial charge in [-0.1, -0.05) is 11.6 Å². The maximum Gasteiger partial charge on any atom is 0.342 e. The Kier molecular flexibility index (Phi) is 5.26. The molecular formula is C12H16ClN3O4. The van der Waals surface area contributed by atoms with Crippen molar-refractivity contribution >= 4 is 28.9 Å². The Morgan fingerprint density at radius 1 is 1.55 bits per heavy atom. The first-order chi connectivity index (χ1) is 9.29. The second-order valence-electron chi connectivity index (χ2n) is 4.36. The Morgan fingerprint density at radius 2 is 2.15 bits per heavy atom. The van der Waals surface area contributed by atoms with Crippen LogP contribution < -0.4 is 5.32 Å². The summed E-state index contributed by atoms with van der Waals surface area (Å²) in [5.41, 5.74) is -0.0613. The summed E-state index contributed by atoms with van der Waals surface area (Å²) in [4.78, 5) is 26.3. The molecule has 7 nitrogen and oxygen atoms in total. The summed E-state index contributed by atoms with van der Waals surface area (Å²) in [5, 5.41) is 13.8. The molecule has 1 aromatic rings. The second kappa shape index (κ2) is 6.51. The van der Waals surface area contributed by atoms with Crippen LogP contribution in [0.4, 0.5) is 11.4 Å². The van der Waals surface area contributed by atoms with E-state index in [-0.39, 0.29) is 34.7 Å². The third kappa shape index (κ3) is 3.36. The number of carbonyl (C=O) groups excluding carboxylic acids is 1. The van der Waals surface area contributed by atoms with Gasteiger partial charge in [0, 0.05) is 6.04 Å². The lowest BCUT2D eigenvalue weighted by Gasteiger charge is -2.16. The number of aromatic nitrogens is 1. The molecule has 1 aromatic heterocycles. The Morgan fingerprint density at radius 3 is 2.60 bits per heavy atom. The van der Waals surface area contributed by atoms with E-state index in [2.05, 4.69) is 10.3 Å². The van der Waals surface area contributed by atoms with Crippen LogP contribution >= 0.6 is 11.6 Å². The number of esters is 1. The molecule has 0 aliphatic heterocycles. The molecule has 1 rings (SSSR count). The van der Waals surface area contributed by atoms with Crippen LogP contribution in [0.2, 0.25) is 5.15 Å². The molecule has 0 aromatic carbocycles. The average Bonchev–Trinajstić information content (AvgIpc) is 2.26. The SMILES string of the molecule is CCOC(=O)c1c(C)nc(Cl)c([N+](=O)[O-])c1NC(C)C. The van der Waals surface area contributed by atoms with Crippen LogP contribution in [0.1, 0.15) is 36.8 Å². The fraction of sp³-hybridized carbons (Fsp3) is 0.500. The number of ether oxygens (including phenoxy) is 1. The molecule has 0 saturated heterocycles. The van der Waals surface area contributed by atoms with Crippen LogP contribution in [0.15, 0.2) is 0 Å². The number of halogens is 1. The lowest BCUT2D eigenvalue weighted by atomic mass is 10.1. The number of nitrogens with zero attached hydrogens (tertiary/aromatic N) is 2. The zero-order chi connectivity index (χ0) is 15.4. The van der Waals surface area contributed by atoms with E-state index in [1.54, 1.807) is 27.7 Å². The monoisotopic (exact) mass is 301 g/mol. The van der Waals surface area contributed by atoms with Gasteiger partial charge in [0.05, 0.1) is 17.2 Å². The number of hydrogen-bond donors (Lipinski definition) is 1. The highest BCUT2D eigenvalue weighted by molar-refractivity contribution is 6.32. The van der Waals surface area contributed by atoms with E-state index in [4.69, 9.17) is 16.3 Å². The van der Waals surface area contributed by atoms with Crippen molar-refractivity contribution in [2.24, 2.45) is 0 Å². The van der Waals surface area contributed by atoms with Crippen LogP contribution in [0.25, 0.3) is 0 Å². The summed E-state index contributed by atoms with van der Waals surface area (Å²) in [6.07, 6.45) is 0.